The summed E-state index contributed by atoms with van der Waals surface area (Å²) in [6.07, 6.45) is 2.57. The van der Waals surface area contributed by atoms with E-state index in [1.807, 2.05) is 6.07 Å². The summed E-state index contributed by atoms with van der Waals surface area (Å²) in [4.78, 5) is 50.1. The molecule has 0 radical (unpaired) electrons. The van der Waals surface area contributed by atoms with Gasteiger partial charge in [0.25, 0.3) is 11.8 Å². The number of carbonyl (C=O) groups is 4. The first-order valence-corrected chi connectivity index (χ1v) is 10.2. The Labute approximate surface area is 169 Å². The highest BCUT2D eigenvalue weighted by Gasteiger charge is 2.44. The molecule has 2 fully saturated rings. The smallest absolute Gasteiger partial charge is 0.262 e. The van der Waals surface area contributed by atoms with E-state index in [9.17, 15) is 19.2 Å². The molecule has 8 nitrogen and oxygen atoms in total. The fraction of sp³-hybridized carbons (Fsp3) is 0.524. The van der Waals surface area contributed by atoms with Crippen molar-refractivity contribution in [2.45, 2.75) is 51.2 Å². The van der Waals surface area contributed by atoms with Gasteiger partial charge in [-0.15, -0.1) is 0 Å². The van der Waals surface area contributed by atoms with Gasteiger partial charge < -0.3 is 10.6 Å². The number of imide groups is 2. The number of fused-ring (bicyclic) bond motifs is 1. The molecule has 3 aliphatic rings. The molecule has 0 aromatic heterocycles. The largest absolute Gasteiger partial charge is 0.317 e. The summed E-state index contributed by atoms with van der Waals surface area (Å²) in [7, 11) is 0. The van der Waals surface area contributed by atoms with Crippen LogP contribution in [0, 0.1) is 5.92 Å². The van der Waals surface area contributed by atoms with Crippen LogP contribution in [0.3, 0.4) is 0 Å². The lowest BCUT2D eigenvalue weighted by Crippen LogP contribution is -2.54. The summed E-state index contributed by atoms with van der Waals surface area (Å²) < 4.78 is 0. The van der Waals surface area contributed by atoms with Crippen molar-refractivity contribution in [3.63, 3.8) is 0 Å². The molecule has 3 N–H and O–H groups in total. The lowest BCUT2D eigenvalue weighted by molar-refractivity contribution is -0.136. The van der Waals surface area contributed by atoms with E-state index in [1.54, 1.807) is 12.1 Å². The van der Waals surface area contributed by atoms with Gasteiger partial charge in [-0.25, -0.2) is 0 Å². The lowest BCUT2D eigenvalue weighted by Gasteiger charge is -2.29. The zero-order valence-corrected chi connectivity index (χ0v) is 16.5. The molecule has 2 atom stereocenters. The fourth-order valence-corrected chi connectivity index (χ4v) is 4.42. The standard InChI is InChI=1S/C21H26N4O4/c1-12(14-6-8-22-9-7-14)23-11-13-2-3-15-16(10-13)21(29)25(20(15)28)17-4-5-18(26)24-19(17)27/h2-3,10,12,14,17,22-23H,4-9,11H2,1H3,(H,24,26,27). The molecule has 1 aromatic rings. The molecule has 0 bridgehead atoms. The maximum absolute atomic E-state index is 12.9. The van der Waals surface area contributed by atoms with Gasteiger partial charge in [-0.3, -0.25) is 29.4 Å². The first kappa shape index (κ1) is 19.7. The minimum absolute atomic E-state index is 0.119. The minimum atomic E-state index is -0.929. The van der Waals surface area contributed by atoms with Crippen LogP contribution < -0.4 is 16.0 Å². The van der Waals surface area contributed by atoms with Crippen LogP contribution in [0.25, 0.3) is 0 Å². The second-order valence-electron chi connectivity index (χ2n) is 8.08. The zero-order chi connectivity index (χ0) is 20.5. The Balaban J connectivity index is 1.45. The van der Waals surface area contributed by atoms with Gasteiger partial charge in [-0.2, -0.15) is 0 Å². The number of rotatable bonds is 5. The molecule has 2 unspecified atom stereocenters. The Morgan fingerprint density at radius 2 is 1.79 bits per heavy atom. The zero-order valence-electron chi connectivity index (χ0n) is 16.5. The normalized spacial score (nSPS) is 23.9. The van der Waals surface area contributed by atoms with Crippen LogP contribution in [0.4, 0.5) is 0 Å². The van der Waals surface area contributed by atoms with E-state index in [0.717, 1.165) is 36.4 Å². The van der Waals surface area contributed by atoms with Gasteiger partial charge in [-0.1, -0.05) is 6.07 Å². The maximum atomic E-state index is 12.9. The minimum Gasteiger partial charge on any atom is -0.317 e. The average Bonchev–Trinajstić information content (AvgIpc) is 2.97. The molecule has 1 aromatic carbocycles. The number of hydrogen-bond acceptors (Lipinski definition) is 6. The molecule has 3 aliphatic heterocycles. The molecular weight excluding hydrogens is 372 g/mol. The quantitative estimate of drug-likeness (QED) is 0.626. The Morgan fingerprint density at radius 1 is 1.07 bits per heavy atom. The summed E-state index contributed by atoms with van der Waals surface area (Å²) in [6, 6.07) is 4.68. The first-order chi connectivity index (χ1) is 14.0. The van der Waals surface area contributed by atoms with Gasteiger partial charge in [0.05, 0.1) is 11.1 Å². The predicted octanol–water partition coefficient (Wildman–Crippen LogP) is 0.566. The molecule has 3 heterocycles. The topological polar surface area (TPSA) is 108 Å². The number of amides is 4. The van der Waals surface area contributed by atoms with Crippen LogP contribution in [0.5, 0.6) is 0 Å². The van der Waals surface area contributed by atoms with Crippen molar-refractivity contribution in [3.05, 3.63) is 34.9 Å². The van der Waals surface area contributed by atoms with Crippen molar-refractivity contribution in [2.24, 2.45) is 5.92 Å². The molecule has 0 saturated carbocycles. The number of benzene rings is 1. The van der Waals surface area contributed by atoms with E-state index < -0.39 is 23.8 Å². The highest BCUT2D eigenvalue weighted by Crippen LogP contribution is 2.28. The number of hydrogen-bond donors (Lipinski definition) is 3. The molecule has 0 aliphatic carbocycles. The lowest BCUT2D eigenvalue weighted by atomic mass is 9.91. The van der Waals surface area contributed by atoms with Crippen molar-refractivity contribution in [1.82, 2.24) is 20.9 Å². The maximum Gasteiger partial charge on any atom is 0.262 e. The Hall–Kier alpha value is -2.58. The molecule has 4 rings (SSSR count). The van der Waals surface area contributed by atoms with E-state index in [1.165, 1.54) is 0 Å². The average molecular weight is 398 g/mol. The summed E-state index contributed by atoms with van der Waals surface area (Å²) in [5.74, 6) is -1.28. The first-order valence-electron chi connectivity index (χ1n) is 10.2. The van der Waals surface area contributed by atoms with Crippen molar-refractivity contribution in [2.75, 3.05) is 13.1 Å². The number of carbonyl (C=O) groups excluding carboxylic acids is 4. The molecule has 29 heavy (non-hydrogen) atoms. The number of nitrogens with one attached hydrogen (secondary N) is 3. The summed E-state index contributed by atoms with van der Waals surface area (Å²) in [5, 5.41) is 9.11. The van der Waals surface area contributed by atoms with E-state index in [4.69, 9.17) is 0 Å². The van der Waals surface area contributed by atoms with E-state index >= 15 is 0 Å². The van der Waals surface area contributed by atoms with Crippen LogP contribution in [0.1, 0.15) is 58.9 Å². The van der Waals surface area contributed by atoms with Gasteiger partial charge in [0.15, 0.2) is 0 Å². The molecular formula is C21H26N4O4. The van der Waals surface area contributed by atoms with Gasteiger partial charge in [0, 0.05) is 19.0 Å². The third kappa shape index (κ3) is 3.82. The van der Waals surface area contributed by atoms with Gasteiger partial charge >= 0.3 is 0 Å². The molecule has 4 amide bonds. The van der Waals surface area contributed by atoms with Crippen LogP contribution in [0.2, 0.25) is 0 Å². The van der Waals surface area contributed by atoms with Crippen molar-refractivity contribution < 1.29 is 19.2 Å². The van der Waals surface area contributed by atoms with Gasteiger partial charge in [0.1, 0.15) is 6.04 Å². The third-order valence-electron chi connectivity index (χ3n) is 6.22. The third-order valence-corrected chi connectivity index (χ3v) is 6.22. The monoisotopic (exact) mass is 398 g/mol. The Bertz CT molecular complexity index is 862. The van der Waals surface area contributed by atoms with Crippen LogP contribution in [0.15, 0.2) is 18.2 Å². The fourth-order valence-electron chi connectivity index (χ4n) is 4.42. The van der Waals surface area contributed by atoms with Crippen molar-refractivity contribution in [3.8, 4) is 0 Å². The second kappa shape index (κ2) is 8.04. The van der Waals surface area contributed by atoms with Crippen LogP contribution >= 0.6 is 0 Å². The molecule has 154 valence electrons. The van der Waals surface area contributed by atoms with Crippen molar-refractivity contribution in [1.29, 1.82) is 0 Å². The number of piperidine rings is 2. The predicted molar refractivity (Wildman–Crippen MR) is 105 cm³/mol. The van der Waals surface area contributed by atoms with Crippen LogP contribution in [-0.4, -0.2) is 53.7 Å². The van der Waals surface area contributed by atoms with Crippen LogP contribution in [-0.2, 0) is 16.1 Å². The highest BCUT2D eigenvalue weighted by molar-refractivity contribution is 6.23. The molecule has 0 spiro atoms. The van der Waals surface area contributed by atoms with E-state index in [-0.39, 0.29) is 18.7 Å². The highest BCUT2D eigenvalue weighted by atomic mass is 16.2. The summed E-state index contributed by atoms with van der Waals surface area (Å²) >= 11 is 0. The van der Waals surface area contributed by atoms with E-state index in [0.29, 0.717) is 29.6 Å². The summed E-state index contributed by atoms with van der Waals surface area (Å²) in [6.45, 7) is 4.88. The summed E-state index contributed by atoms with van der Waals surface area (Å²) in [5.41, 5.74) is 1.57. The van der Waals surface area contributed by atoms with Gasteiger partial charge in [0.2, 0.25) is 11.8 Å². The van der Waals surface area contributed by atoms with Crippen molar-refractivity contribution >= 4 is 23.6 Å². The van der Waals surface area contributed by atoms with E-state index in [2.05, 4.69) is 22.9 Å². The Morgan fingerprint density at radius 3 is 2.52 bits per heavy atom. The molecule has 2 saturated heterocycles. The van der Waals surface area contributed by atoms with Gasteiger partial charge in [-0.05, 0) is 62.9 Å². The SMILES string of the molecule is CC(NCc1ccc2c(c1)C(=O)N(C1CCC(=O)NC1=O)C2=O)C1CCNCC1. The number of nitrogens with zero attached hydrogens (tertiary/aromatic N) is 1. The molecule has 8 heteroatoms. The Kier molecular flexibility index (Phi) is 5.47. The second-order valence-corrected chi connectivity index (χ2v) is 8.08.